The van der Waals surface area contributed by atoms with Gasteiger partial charge in [-0.3, -0.25) is 4.98 Å². The summed E-state index contributed by atoms with van der Waals surface area (Å²) < 4.78 is 18.5. The summed E-state index contributed by atoms with van der Waals surface area (Å²) in [6.45, 7) is 0.508. The Morgan fingerprint density at radius 1 is 1.33 bits per heavy atom. The summed E-state index contributed by atoms with van der Waals surface area (Å²) in [6, 6.07) is 6.68. The molecule has 5 heteroatoms. The van der Waals surface area contributed by atoms with Crippen molar-refractivity contribution in [2.24, 2.45) is 5.73 Å². The first-order valence-corrected chi connectivity index (χ1v) is 5.78. The maximum atomic E-state index is 12.9. The Bertz CT molecular complexity index is 548. The average molecular weight is 267 g/mol. The van der Waals surface area contributed by atoms with Crippen LogP contribution in [0.4, 0.5) is 4.39 Å². The van der Waals surface area contributed by atoms with E-state index in [-0.39, 0.29) is 19.0 Å². The zero-order chi connectivity index (χ0) is 13.0. The second kappa shape index (κ2) is 5.80. The average Bonchev–Trinajstić information content (AvgIpc) is 2.36. The molecule has 0 spiro atoms. The number of pyridine rings is 1. The van der Waals surface area contributed by atoms with E-state index in [1.807, 2.05) is 0 Å². The second-order valence-electron chi connectivity index (χ2n) is 3.72. The van der Waals surface area contributed by atoms with Gasteiger partial charge in [0, 0.05) is 28.9 Å². The number of rotatable bonds is 4. The number of ether oxygens (including phenoxy) is 1. The molecule has 0 amide bonds. The van der Waals surface area contributed by atoms with Crippen molar-refractivity contribution in [2.75, 3.05) is 0 Å². The largest absolute Gasteiger partial charge is 0.488 e. The lowest BCUT2D eigenvalue weighted by atomic mass is 10.2. The zero-order valence-electron chi connectivity index (χ0n) is 9.57. The number of hydrogen-bond donors (Lipinski definition) is 1. The molecule has 2 rings (SSSR count). The summed E-state index contributed by atoms with van der Waals surface area (Å²) >= 11 is 6.00. The fourth-order valence-electron chi connectivity index (χ4n) is 1.57. The Morgan fingerprint density at radius 2 is 2.17 bits per heavy atom. The number of nitrogens with two attached hydrogens (primary N) is 1. The summed E-state index contributed by atoms with van der Waals surface area (Å²) in [7, 11) is 0. The molecule has 0 bridgehead atoms. The number of nitrogens with zero attached hydrogens (tertiary/aromatic N) is 1. The minimum Gasteiger partial charge on any atom is -0.488 e. The van der Waals surface area contributed by atoms with Crippen LogP contribution in [0, 0.1) is 5.82 Å². The van der Waals surface area contributed by atoms with Gasteiger partial charge in [0.25, 0.3) is 0 Å². The number of halogens is 2. The molecule has 0 aliphatic rings. The zero-order valence-corrected chi connectivity index (χ0v) is 10.3. The van der Waals surface area contributed by atoms with Crippen molar-refractivity contribution in [1.82, 2.24) is 4.98 Å². The lowest BCUT2D eigenvalue weighted by molar-refractivity contribution is 0.302. The van der Waals surface area contributed by atoms with Crippen LogP contribution >= 0.6 is 11.6 Å². The third-order valence-corrected chi connectivity index (χ3v) is 2.79. The standard InChI is InChI=1S/C13H12ClFN2O/c14-12-2-1-3-13(11(12)5-16)18-8-9-4-10(15)7-17-6-9/h1-4,6-7H,5,8,16H2. The quantitative estimate of drug-likeness (QED) is 0.926. The monoisotopic (exact) mass is 266 g/mol. The lowest BCUT2D eigenvalue weighted by Crippen LogP contribution is -2.03. The molecule has 1 aromatic carbocycles. The Balaban J connectivity index is 2.13. The molecule has 3 nitrogen and oxygen atoms in total. The van der Waals surface area contributed by atoms with Gasteiger partial charge in [-0.2, -0.15) is 0 Å². The van der Waals surface area contributed by atoms with Gasteiger partial charge in [0.05, 0.1) is 6.20 Å². The van der Waals surface area contributed by atoms with E-state index >= 15 is 0 Å². The molecule has 0 radical (unpaired) electrons. The molecule has 1 aromatic heterocycles. The van der Waals surface area contributed by atoms with E-state index in [0.29, 0.717) is 16.3 Å². The molecule has 1 heterocycles. The summed E-state index contributed by atoms with van der Waals surface area (Å²) in [4.78, 5) is 3.75. The molecule has 94 valence electrons. The van der Waals surface area contributed by atoms with E-state index < -0.39 is 0 Å². The molecule has 0 saturated carbocycles. The fourth-order valence-corrected chi connectivity index (χ4v) is 1.81. The summed E-state index contributed by atoms with van der Waals surface area (Å²) in [6.07, 6.45) is 2.70. The van der Waals surface area contributed by atoms with E-state index in [0.717, 1.165) is 11.8 Å². The van der Waals surface area contributed by atoms with Crippen molar-refractivity contribution in [2.45, 2.75) is 13.2 Å². The minimum absolute atomic E-state index is 0.220. The van der Waals surface area contributed by atoms with Gasteiger partial charge >= 0.3 is 0 Å². The van der Waals surface area contributed by atoms with Crippen LogP contribution in [0.15, 0.2) is 36.7 Å². The van der Waals surface area contributed by atoms with Gasteiger partial charge in [-0.05, 0) is 18.2 Å². The van der Waals surface area contributed by atoms with Crippen LogP contribution in [0.2, 0.25) is 5.02 Å². The first-order valence-electron chi connectivity index (χ1n) is 5.40. The Kier molecular flexibility index (Phi) is 4.12. The predicted octanol–water partition coefficient (Wildman–Crippen LogP) is 2.91. The topological polar surface area (TPSA) is 48.1 Å². The van der Waals surface area contributed by atoms with Crippen LogP contribution < -0.4 is 10.5 Å². The normalized spacial score (nSPS) is 10.4. The van der Waals surface area contributed by atoms with Gasteiger partial charge in [0.1, 0.15) is 18.2 Å². The molecule has 0 unspecified atom stereocenters. The summed E-state index contributed by atoms with van der Waals surface area (Å²) in [5, 5.41) is 0.562. The minimum atomic E-state index is -0.388. The Morgan fingerprint density at radius 3 is 2.89 bits per heavy atom. The van der Waals surface area contributed by atoms with Crippen molar-refractivity contribution in [1.29, 1.82) is 0 Å². The van der Waals surface area contributed by atoms with Crippen molar-refractivity contribution >= 4 is 11.6 Å². The van der Waals surface area contributed by atoms with Gasteiger partial charge in [0.2, 0.25) is 0 Å². The Labute approximate surface area is 109 Å². The third kappa shape index (κ3) is 2.97. The van der Waals surface area contributed by atoms with Crippen LogP contribution in [0.1, 0.15) is 11.1 Å². The first kappa shape index (κ1) is 12.8. The lowest BCUT2D eigenvalue weighted by Gasteiger charge is -2.11. The number of hydrogen-bond acceptors (Lipinski definition) is 3. The molecule has 0 fully saturated rings. The molecular formula is C13H12ClFN2O. The molecule has 0 aliphatic carbocycles. The number of aromatic nitrogens is 1. The Hall–Kier alpha value is -1.65. The van der Waals surface area contributed by atoms with Crippen LogP contribution in [0.3, 0.4) is 0 Å². The van der Waals surface area contributed by atoms with Crippen LogP contribution in [0.5, 0.6) is 5.75 Å². The van der Waals surface area contributed by atoms with Gasteiger partial charge in [-0.1, -0.05) is 17.7 Å². The van der Waals surface area contributed by atoms with Crippen LogP contribution in [-0.2, 0) is 13.2 Å². The predicted molar refractivity (Wildman–Crippen MR) is 67.9 cm³/mol. The van der Waals surface area contributed by atoms with Crippen molar-refractivity contribution < 1.29 is 9.13 Å². The highest BCUT2D eigenvalue weighted by Gasteiger charge is 2.07. The van der Waals surface area contributed by atoms with Crippen LogP contribution in [-0.4, -0.2) is 4.98 Å². The van der Waals surface area contributed by atoms with Gasteiger partial charge in [-0.25, -0.2) is 4.39 Å². The van der Waals surface area contributed by atoms with Crippen LogP contribution in [0.25, 0.3) is 0 Å². The highest BCUT2D eigenvalue weighted by molar-refractivity contribution is 6.31. The van der Waals surface area contributed by atoms with E-state index in [2.05, 4.69) is 4.98 Å². The smallest absolute Gasteiger partial charge is 0.141 e. The summed E-state index contributed by atoms with van der Waals surface area (Å²) in [5.74, 6) is 0.218. The van der Waals surface area contributed by atoms with Crippen molar-refractivity contribution in [3.05, 3.63) is 58.6 Å². The molecule has 0 aliphatic heterocycles. The highest BCUT2D eigenvalue weighted by atomic mass is 35.5. The molecular weight excluding hydrogens is 255 g/mol. The molecule has 18 heavy (non-hydrogen) atoms. The van der Waals surface area contributed by atoms with E-state index in [9.17, 15) is 4.39 Å². The van der Waals surface area contributed by atoms with Gasteiger partial charge in [0.15, 0.2) is 0 Å². The molecule has 0 saturated heterocycles. The highest BCUT2D eigenvalue weighted by Crippen LogP contribution is 2.26. The second-order valence-corrected chi connectivity index (χ2v) is 4.13. The van der Waals surface area contributed by atoms with E-state index in [4.69, 9.17) is 22.1 Å². The molecule has 2 aromatic rings. The molecule has 2 N–H and O–H groups in total. The van der Waals surface area contributed by atoms with Gasteiger partial charge < -0.3 is 10.5 Å². The molecule has 0 atom stereocenters. The maximum absolute atomic E-state index is 12.9. The fraction of sp³-hybridized carbons (Fsp3) is 0.154. The SMILES string of the molecule is NCc1c(Cl)cccc1OCc1cncc(F)c1. The van der Waals surface area contributed by atoms with Crippen molar-refractivity contribution in [3.8, 4) is 5.75 Å². The van der Waals surface area contributed by atoms with E-state index in [1.165, 1.54) is 6.07 Å². The summed E-state index contributed by atoms with van der Waals surface area (Å²) in [5.41, 5.74) is 7.00. The van der Waals surface area contributed by atoms with Crippen molar-refractivity contribution in [3.63, 3.8) is 0 Å². The van der Waals surface area contributed by atoms with Gasteiger partial charge in [-0.15, -0.1) is 0 Å². The maximum Gasteiger partial charge on any atom is 0.141 e. The third-order valence-electron chi connectivity index (χ3n) is 2.44. The van der Waals surface area contributed by atoms with E-state index in [1.54, 1.807) is 24.4 Å². The first-order chi connectivity index (χ1) is 8.70. The number of benzene rings is 1.